The summed E-state index contributed by atoms with van der Waals surface area (Å²) in [5.74, 6) is -0.112. The van der Waals surface area contributed by atoms with Gasteiger partial charge in [-0.1, -0.05) is 18.9 Å². The first kappa shape index (κ1) is 19.9. The van der Waals surface area contributed by atoms with Gasteiger partial charge in [0.25, 0.3) is 0 Å². The van der Waals surface area contributed by atoms with E-state index in [1.54, 1.807) is 6.20 Å². The van der Waals surface area contributed by atoms with Gasteiger partial charge in [0.05, 0.1) is 11.8 Å². The Bertz CT molecular complexity index is 751. The molecule has 3 fully saturated rings. The van der Waals surface area contributed by atoms with Crippen LogP contribution >= 0.6 is 0 Å². The van der Waals surface area contributed by atoms with E-state index in [-0.39, 0.29) is 48.6 Å². The van der Waals surface area contributed by atoms with Crippen LogP contribution in [0.1, 0.15) is 63.4 Å². The van der Waals surface area contributed by atoms with Crippen molar-refractivity contribution in [2.24, 2.45) is 11.8 Å². The van der Waals surface area contributed by atoms with Gasteiger partial charge in [-0.05, 0) is 44.6 Å². The standard InChI is InChI=1S/C22H29N3O4/c26-19(11-13-25-21(27)17-9-3-4-10-18(17)22(25)28)24-14-15-6-5-12-23-20(15)29-16-7-1-2-8-16/h5-6,12,16-18H,1-4,7-11,13-14H2,(H,24,26)/t17-,18-/m1/s1. The maximum absolute atomic E-state index is 12.5. The molecule has 0 bridgehead atoms. The van der Waals surface area contributed by atoms with E-state index in [2.05, 4.69) is 10.3 Å². The van der Waals surface area contributed by atoms with E-state index in [9.17, 15) is 14.4 Å². The van der Waals surface area contributed by atoms with Gasteiger partial charge in [0, 0.05) is 31.3 Å². The van der Waals surface area contributed by atoms with Crippen molar-refractivity contribution in [3.05, 3.63) is 23.9 Å². The third-order valence-corrected chi connectivity index (χ3v) is 6.40. The van der Waals surface area contributed by atoms with Crippen LogP contribution in [0.4, 0.5) is 0 Å². The monoisotopic (exact) mass is 399 g/mol. The average molecular weight is 399 g/mol. The number of hydrogen-bond acceptors (Lipinski definition) is 5. The van der Waals surface area contributed by atoms with Gasteiger partial charge >= 0.3 is 0 Å². The van der Waals surface area contributed by atoms with Crippen molar-refractivity contribution in [2.45, 2.75) is 70.4 Å². The predicted octanol–water partition coefficient (Wildman–Crippen LogP) is 2.58. The van der Waals surface area contributed by atoms with Crippen LogP contribution in [0.5, 0.6) is 5.88 Å². The van der Waals surface area contributed by atoms with Crippen LogP contribution in [0.2, 0.25) is 0 Å². The fraction of sp³-hybridized carbons (Fsp3) is 0.636. The first-order valence-corrected chi connectivity index (χ1v) is 10.9. The van der Waals surface area contributed by atoms with Gasteiger partial charge in [-0.25, -0.2) is 4.98 Å². The van der Waals surface area contributed by atoms with Gasteiger partial charge in [0.1, 0.15) is 6.10 Å². The van der Waals surface area contributed by atoms with Crippen molar-refractivity contribution >= 4 is 17.7 Å². The van der Waals surface area contributed by atoms with Crippen LogP contribution in [0.25, 0.3) is 0 Å². The molecule has 7 nitrogen and oxygen atoms in total. The SMILES string of the molecule is O=C(CCN1C(=O)[C@@H]2CCCC[C@H]2C1=O)NCc1cccnc1OC1CCCC1. The molecule has 3 aliphatic rings. The third kappa shape index (κ3) is 4.43. The van der Waals surface area contributed by atoms with Gasteiger partial charge < -0.3 is 10.1 Å². The molecule has 4 rings (SSSR count). The third-order valence-electron chi connectivity index (χ3n) is 6.40. The largest absolute Gasteiger partial charge is 0.474 e. The maximum atomic E-state index is 12.5. The summed E-state index contributed by atoms with van der Waals surface area (Å²) in [5.41, 5.74) is 0.840. The number of carbonyl (C=O) groups excluding carboxylic acids is 3. The van der Waals surface area contributed by atoms with E-state index in [0.29, 0.717) is 12.4 Å². The van der Waals surface area contributed by atoms with Gasteiger partial charge in [0.15, 0.2) is 0 Å². The molecular formula is C22H29N3O4. The fourth-order valence-corrected chi connectivity index (χ4v) is 4.78. The van der Waals surface area contributed by atoms with Crippen LogP contribution in [-0.2, 0) is 20.9 Å². The summed E-state index contributed by atoms with van der Waals surface area (Å²) in [6, 6.07) is 3.72. The number of imide groups is 1. The molecule has 29 heavy (non-hydrogen) atoms. The predicted molar refractivity (Wildman–Crippen MR) is 106 cm³/mol. The number of carbonyl (C=O) groups is 3. The number of rotatable bonds is 7. The molecule has 2 saturated carbocycles. The molecule has 1 aliphatic heterocycles. The van der Waals surface area contributed by atoms with Crippen LogP contribution < -0.4 is 10.1 Å². The van der Waals surface area contributed by atoms with Gasteiger partial charge in [-0.15, -0.1) is 0 Å². The average Bonchev–Trinajstić information content (AvgIpc) is 3.33. The summed E-state index contributed by atoms with van der Waals surface area (Å²) in [5, 5.41) is 2.87. The highest BCUT2D eigenvalue weighted by atomic mass is 16.5. The molecule has 1 N–H and O–H groups in total. The molecule has 2 heterocycles. The summed E-state index contributed by atoms with van der Waals surface area (Å²) >= 11 is 0. The summed E-state index contributed by atoms with van der Waals surface area (Å²) < 4.78 is 6.00. The Kier molecular flexibility index (Phi) is 6.11. The van der Waals surface area contributed by atoms with Crippen LogP contribution in [0, 0.1) is 11.8 Å². The zero-order chi connectivity index (χ0) is 20.2. The topological polar surface area (TPSA) is 88.6 Å². The summed E-state index contributed by atoms with van der Waals surface area (Å²) in [4.78, 5) is 43.0. The van der Waals surface area contributed by atoms with Crippen molar-refractivity contribution in [3.8, 4) is 5.88 Å². The van der Waals surface area contributed by atoms with E-state index in [4.69, 9.17) is 4.74 Å². The minimum absolute atomic E-state index is 0.0907. The molecule has 1 saturated heterocycles. The highest BCUT2D eigenvalue weighted by Crippen LogP contribution is 2.38. The second kappa shape index (κ2) is 8.93. The van der Waals surface area contributed by atoms with E-state index in [1.807, 2.05) is 12.1 Å². The van der Waals surface area contributed by atoms with Crippen molar-refractivity contribution in [1.29, 1.82) is 0 Å². The molecule has 0 radical (unpaired) electrons. The normalized spacial score (nSPS) is 24.6. The first-order valence-electron chi connectivity index (χ1n) is 10.9. The quantitative estimate of drug-likeness (QED) is 0.712. The number of nitrogens with one attached hydrogen (secondary N) is 1. The number of aromatic nitrogens is 1. The van der Waals surface area contributed by atoms with Crippen LogP contribution in [0.3, 0.4) is 0 Å². The number of ether oxygens (including phenoxy) is 1. The summed E-state index contributed by atoms with van der Waals surface area (Å²) in [6.45, 7) is 0.483. The number of hydrogen-bond donors (Lipinski definition) is 1. The molecule has 0 unspecified atom stereocenters. The lowest BCUT2D eigenvalue weighted by Crippen LogP contribution is -2.35. The Hall–Kier alpha value is -2.44. The van der Waals surface area contributed by atoms with Crippen molar-refractivity contribution in [2.75, 3.05) is 6.54 Å². The van der Waals surface area contributed by atoms with E-state index >= 15 is 0 Å². The number of amides is 3. The van der Waals surface area contributed by atoms with Crippen LogP contribution in [0.15, 0.2) is 18.3 Å². The second-order valence-electron chi connectivity index (χ2n) is 8.34. The molecular weight excluding hydrogens is 370 g/mol. The Balaban J connectivity index is 1.27. The number of nitrogens with zero attached hydrogens (tertiary/aromatic N) is 2. The van der Waals surface area contributed by atoms with Crippen molar-refractivity contribution < 1.29 is 19.1 Å². The summed E-state index contributed by atoms with van der Waals surface area (Å²) in [7, 11) is 0. The van der Waals surface area contributed by atoms with Gasteiger partial charge in [-0.2, -0.15) is 0 Å². The molecule has 0 aromatic carbocycles. The number of likely N-dealkylation sites (tertiary alicyclic amines) is 1. The fourth-order valence-electron chi connectivity index (χ4n) is 4.78. The summed E-state index contributed by atoms with van der Waals surface area (Å²) in [6.07, 6.45) is 10.1. The molecule has 1 aromatic rings. The minimum Gasteiger partial charge on any atom is -0.474 e. The van der Waals surface area contributed by atoms with E-state index in [1.165, 1.54) is 17.7 Å². The Morgan fingerprint density at radius 1 is 1.07 bits per heavy atom. The second-order valence-corrected chi connectivity index (χ2v) is 8.34. The lowest BCUT2D eigenvalue weighted by atomic mass is 9.81. The van der Waals surface area contributed by atoms with Crippen molar-refractivity contribution in [1.82, 2.24) is 15.2 Å². The Morgan fingerprint density at radius 2 is 1.72 bits per heavy atom. The van der Waals surface area contributed by atoms with Crippen LogP contribution in [-0.4, -0.2) is 40.3 Å². The highest BCUT2D eigenvalue weighted by Gasteiger charge is 2.47. The zero-order valence-corrected chi connectivity index (χ0v) is 16.8. The molecule has 0 spiro atoms. The Labute approximate surface area is 171 Å². The molecule has 2 atom stereocenters. The zero-order valence-electron chi connectivity index (χ0n) is 16.8. The maximum Gasteiger partial charge on any atom is 0.233 e. The molecule has 156 valence electrons. The molecule has 1 aromatic heterocycles. The van der Waals surface area contributed by atoms with Gasteiger partial charge in [0.2, 0.25) is 23.6 Å². The lowest BCUT2D eigenvalue weighted by Gasteiger charge is -2.19. The number of fused-ring (bicyclic) bond motifs is 1. The van der Waals surface area contributed by atoms with Gasteiger partial charge in [-0.3, -0.25) is 19.3 Å². The highest BCUT2D eigenvalue weighted by molar-refractivity contribution is 6.05. The smallest absolute Gasteiger partial charge is 0.233 e. The Morgan fingerprint density at radius 3 is 2.41 bits per heavy atom. The molecule has 2 aliphatic carbocycles. The van der Waals surface area contributed by atoms with E-state index < -0.39 is 0 Å². The molecule has 7 heteroatoms. The minimum atomic E-state index is -0.184. The van der Waals surface area contributed by atoms with Crippen molar-refractivity contribution in [3.63, 3.8) is 0 Å². The van der Waals surface area contributed by atoms with E-state index in [0.717, 1.165) is 44.1 Å². The lowest BCUT2D eigenvalue weighted by molar-refractivity contribution is -0.140. The molecule has 3 amide bonds. The number of pyridine rings is 1. The first-order chi connectivity index (χ1) is 14.1.